The van der Waals surface area contributed by atoms with E-state index in [0.29, 0.717) is 17.3 Å². The van der Waals surface area contributed by atoms with Gasteiger partial charge < -0.3 is 29.4 Å². The van der Waals surface area contributed by atoms with E-state index in [9.17, 15) is 4.79 Å². The maximum Gasteiger partial charge on any atom is 0.344 e. The lowest BCUT2D eigenvalue weighted by molar-refractivity contribution is 0.0425. The molecule has 2 rings (SSSR count). The molecule has 2 aromatic rings. The van der Waals surface area contributed by atoms with Crippen LogP contribution >= 0.6 is 0 Å². The van der Waals surface area contributed by atoms with Gasteiger partial charge in [-0.05, 0) is 18.6 Å². The van der Waals surface area contributed by atoms with Crippen molar-refractivity contribution in [3.63, 3.8) is 0 Å². The van der Waals surface area contributed by atoms with Gasteiger partial charge in [0.2, 0.25) is 0 Å². The number of hydrogen-bond acceptors (Lipinski definition) is 8. The van der Waals surface area contributed by atoms with E-state index in [-0.39, 0.29) is 42.9 Å². The van der Waals surface area contributed by atoms with Gasteiger partial charge in [-0.25, -0.2) is 4.79 Å². The second-order valence-corrected chi connectivity index (χ2v) is 5.08. The lowest BCUT2D eigenvalue weighted by Gasteiger charge is -2.18. The van der Waals surface area contributed by atoms with Crippen LogP contribution in [0.3, 0.4) is 0 Å². The first-order valence-corrected chi connectivity index (χ1v) is 7.76. The van der Waals surface area contributed by atoms with Gasteiger partial charge in [-0.2, -0.15) is 0 Å². The number of carbonyl (C=O) groups excluding carboxylic acids is 1. The van der Waals surface area contributed by atoms with Crippen LogP contribution in [0.15, 0.2) is 18.3 Å². The normalized spacial score (nSPS) is 10.7. The van der Waals surface area contributed by atoms with Crippen LogP contribution in [0.5, 0.6) is 11.5 Å². The van der Waals surface area contributed by atoms with Crippen LogP contribution in [0.25, 0.3) is 10.9 Å². The highest BCUT2D eigenvalue weighted by atomic mass is 16.7. The molecule has 8 heteroatoms. The molecule has 1 heterocycles. The minimum absolute atomic E-state index is 0.0318. The van der Waals surface area contributed by atoms with Crippen molar-refractivity contribution in [2.45, 2.75) is 13.3 Å². The van der Waals surface area contributed by atoms with Crippen LogP contribution in [0.4, 0.5) is 5.69 Å². The molecule has 25 heavy (non-hydrogen) atoms. The molecule has 2 N–H and O–H groups in total. The van der Waals surface area contributed by atoms with Crippen molar-refractivity contribution in [2.75, 3.05) is 40.1 Å². The topological polar surface area (TPSA) is 102 Å². The molecule has 0 aliphatic heterocycles. The van der Waals surface area contributed by atoms with Crippen molar-refractivity contribution < 1.29 is 28.5 Å². The number of esters is 1. The summed E-state index contributed by atoms with van der Waals surface area (Å²) in [4.78, 5) is 16.8. The van der Waals surface area contributed by atoms with Crippen molar-refractivity contribution in [1.82, 2.24) is 4.98 Å². The number of nitrogen functional groups attached to an aromatic ring is 1. The molecule has 136 valence electrons. The number of pyridine rings is 1. The summed E-state index contributed by atoms with van der Waals surface area (Å²) in [5, 5.41) is 0.593. The van der Waals surface area contributed by atoms with E-state index in [1.807, 2.05) is 6.92 Å². The number of rotatable bonds is 9. The van der Waals surface area contributed by atoms with Gasteiger partial charge in [0.25, 0.3) is 0 Å². The van der Waals surface area contributed by atoms with Crippen molar-refractivity contribution in [1.29, 1.82) is 0 Å². The second-order valence-electron chi connectivity index (χ2n) is 5.08. The fourth-order valence-electron chi connectivity index (χ4n) is 2.27. The summed E-state index contributed by atoms with van der Waals surface area (Å²) in [5.41, 5.74) is 6.78. The molecule has 1 aromatic carbocycles. The summed E-state index contributed by atoms with van der Waals surface area (Å²) in [7, 11) is 2.97. The Hall–Kier alpha value is -2.58. The van der Waals surface area contributed by atoms with Gasteiger partial charge in [0.05, 0.1) is 12.3 Å². The SMILES string of the molecule is CCCOC(=O)c1c(N)c(OCOC)c2cccnc2c1OCOC. The largest absolute Gasteiger partial charge is 0.465 e. The number of nitrogens with zero attached hydrogens (tertiary/aromatic N) is 1. The zero-order chi connectivity index (χ0) is 18.2. The van der Waals surface area contributed by atoms with E-state index in [1.54, 1.807) is 18.3 Å². The molecule has 0 aliphatic rings. The van der Waals surface area contributed by atoms with Gasteiger partial charge in [0.1, 0.15) is 11.1 Å². The minimum Gasteiger partial charge on any atom is -0.465 e. The van der Waals surface area contributed by atoms with Gasteiger partial charge in [-0.1, -0.05) is 6.92 Å². The molecule has 0 saturated heterocycles. The predicted molar refractivity (Wildman–Crippen MR) is 91.7 cm³/mol. The van der Waals surface area contributed by atoms with Crippen molar-refractivity contribution in [3.8, 4) is 11.5 Å². The maximum atomic E-state index is 12.5. The Balaban J connectivity index is 2.67. The number of carbonyl (C=O) groups is 1. The third-order valence-electron chi connectivity index (χ3n) is 3.29. The molecule has 0 fully saturated rings. The fourth-order valence-corrected chi connectivity index (χ4v) is 2.27. The van der Waals surface area contributed by atoms with Crippen molar-refractivity contribution in [3.05, 3.63) is 23.9 Å². The number of fused-ring (bicyclic) bond motifs is 1. The molecule has 0 saturated carbocycles. The Kier molecular flexibility index (Phi) is 6.79. The van der Waals surface area contributed by atoms with E-state index >= 15 is 0 Å². The van der Waals surface area contributed by atoms with Crippen LogP contribution in [-0.4, -0.2) is 45.4 Å². The fraction of sp³-hybridized carbons (Fsp3) is 0.412. The number of nitrogens with two attached hydrogens (primary N) is 1. The standard InChI is InChI=1S/C17H22N2O6/c1-4-8-23-17(20)12-13(18)15(24-9-21-2)11-6-5-7-19-14(11)16(12)25-10-22-3/h5-7H,4,8-10,18H2,1-3H3. The summed E-state index contributed by atoms with van der Waals surface area (Å²) < 4.78 is 26.3. The summed E-state index contributed by atoms with van der Waals surface area (Å²) in [5.74, 6) is -0.126. The molecule has 1 aromatic heterocycles. The molecule has 0 bridgehead atoms. The Morgan fingerprint density at radius 3 is 2.48 bits per heavy atom. The first kappa shape index (κ1) is 18.8. The number of anilines is 1. The van der Waals surface area contributed by atoms with Crippen LogP contribution in [0.1, 0.15) is 23.7 Å². The molecule has 0 atom stereocenters. The molecular weight excluding hydrogens is 328 g/mol. The Morgan fingerprint density at radius 2 is 1.84 bits per heavy atom. The average molecular weight is 350 g/mol. The number of benzene rings is 1. The zero-order valence-electron chi connectivity index (χ0n) is 14.5. The molecular formula is C17H22N2O6. The van der Waals surface area contributed by atoms with Crippen LogP contribution in [-0.2, 0) is 14.2 Å². The molecule has 0 aliphatic carbocycles. The monoisotopic (exact) mass is 350 g/mol. The van der Waals surface area contributed by atoms with E-state index < -0.39 is 5.97 Å². The summed E-state index contributed by atoms with van der Waals surface area (Å²) in [6.07, 6.45) is 2.26. The van der Waals surface area contributed by atoms with Gasteiger partial charge in [0.15, 0.2) is 25.1 Å². The smallest absolute Gasteiger partial charge is 0.344 e. The first-order valence-electron chi connectivity index (χ1n) is 7.76. The number of aromatic nitrogens is 1. The Bertz CT molecular complexity index is 735. The molecule has 0 spiro atoms. The van der Waals surface area contributed by atoms with Crippen LogP contribution in [0, 0.1) is 0 Å². The Morgan fingerprint density at radius 1 is 1.16 bits per heavy atom. The predicted octanol–water partition coefficient (Wildman–Crippen LogP) is 2.35. The van der Waals surface area contributed by atoms with Crippen molar-refractivity contribution >= 4 is 22.6 Å². The number of hydrogen-bond donors (Lipinski definition) is 1. The molecule has 0 amide bonds. The van der Waals surface area contributed by atoms with E-state index in [4.69, 9.17) is 29.4 Å². The highest BCUT2D eigenvalue weighted by molar-refractivity contribution is 6.09. The summed E-state index contributed by atoms with van der Waals surface area (Å²) >= 11 is 0. The molecule has 0 unspecified atom stereocenters. The number of ether oxygens (including phenoxy) is 5. The van der Waals surface area contributed by atoms with Crippen molar-refractivity contribution in [2.24, 2.45) is 0 Å². The highest BCUT2D eigenvalue weighted by Crippen LogP contribution is 2.42. The van der Waals surface area contributed by atoms with E-state index in [1.165, 1.54) is 14.2 Å². The lowest BCUT2D eigenvalue weighted by atomic mass is 10.1. The van der Waals surface area contributed by atoms with Crippen LogP contribution in [0.2, 0.25) is 0 Å². The van der Waals surface area contributed by atoms with Gasteiger partial charge >= 0.3 is 5.97 Å². The second kappa shape index (κ2) is 9.05. The molecule has 0 radical (unpaired) electrons. The summed E-state index contributed by atoms with van der Waals surface area (Å²) in [6.45, 7) is 2.05. The van der Waals surface area contributed by atoms with E-state index in [0.717, 1.165) is 0 Å². The lowest BCUT2D eigenvalue weighted by Crippen LogP contribution is -2.15. The summed E-state index contributed by atoms with van der Waals surface area (Å²) in [6, 6.07) is 3.50. The quantitative estimate of drug-likeness (QED) is 0.418. The third kappa shape index (κ3) is 4.09. The van der Waals surface area contributed by atoms with Gasteiger partial charge in [-0.15, -0.1) is 0 Å². The Labute approximate surface area is 145 Å². The first-order chi connectivity index (χ1) is 12.2. The van der Waals surface area contributed by atoms with Gasteiger partial charge in [0, 0.05) is 25.8 Å². The number of methoxy groups -OCH3 is 2. The van der Waals surface area contributed by atoms with Crippen LogP contribution < -0.4 is 15.2 Å². The average Bonchev–Trinajstić information content (AvgIpc) is 2.63. The zero-order valence-corrected chi connectivity index (χ0v) is 14.5. The highest BCUT2D eigenvalue weighted by Gasteiger charge is 2.27. The van der Waals surface area contributed by atoms with Gasteiger partial charge in [-0.3, -0.25) is 4.98 Å². The maximum absolute atomic E-state index is 12.5. The van der Waals surface area contributed by atoms with E-state index in [2.05, 4.69) is 4.98 Å². The third-order valence-corrected chi connectivity index (χ3v) is 3.29. The minimum atomic E-state index is -0.611. The molecule has 8 nitrogen and oxygen atoms in total.